The molecule has 0 spiro atoms. The van der Waals surface area contributed by atoms with Crippen LogP contribution < -0.4 is 0 Å². The molecule has 1 rings (SSSR count). The van der Waals surface area contributed by atoms with Crippen LogP contribution in [0.3, 0.4) is 0 Å². The maximum absolute atomic E-state index is 10.5. The Balaban J connectivity index is 2.82. The second kappa shape index (κ2) is 2.40. The van der Waals surface area contributed by atoms with E-state index < -0.39 is 0 Å². The zero-order valence-electron chi connectivity index (χ0n) is 4.76. The lowest BCUT2D eigenvalue weighted by Crippen LogP contribution is -1.97. The highest BCUT2D eigenvalue weighted by Gasteiger charge is 2.01. The van der Waals surface area contributed by atoms with Crippen molar-refractivity contribution in [2.75, 3.05) is 0 Å². The Labute approximate surface area is 52.9 Å². The summed E-state index contributed by atoms with van der Waals surface area (Å²) in [5, 5.41) is 0. The van der Waals surface area contributed by atoms with Gasteiger partial charge in [-0.2, -0.15) is 0 Å². The van der Waals surface area contributed by atoms with Crippen LogP contribution in [0.15, 0.2) is 23.8 Å². The molecule has 1 aliphatic carbocycles. The van der Waals surface area contributed by atoms with Gasteiger partial charge in [-0.1, -0.05) is 12.2 Å². The normalized spacial score (nSPS) is 17.3. The summed E-state index contributed by atoms with van der Waals surface area (Å²) >= 11 is 0. The Morgan fingerprint density at radius 2 is 2.33 bits per heavy atom. The van der Waals surface area contributed by atoms with E-state index in [9.17, 15) is 9.59 Å². The van der Waals surface area contributed by atoms with E-state index in [0.717, 1.165) is 0 Å². The standard InChI is InChI=1S/C7H5O2/c8-5-6-2-1-3-7(9)4-6/h1-2,4H,3H2. The number of rotatable bonds is 1. The Bertz CT molecular complexity index is 199. The molecule has 0 fully saturated rings. The van der Waals surface area contributed by atoms with Crippen molar-refractivity contribution < 1.29 is 9.59 Å². The van der Waals surface area contributed by atoms with E-state index in [0.29, 0.717) is 12.0 Å². The third kappa shape index (κ3) is 1.35. The molecule has 0 N–H and O–H groups in total. The summed E-state index contributed by atoms with van der Waals surface area (Å²) in [4.78, 5) is 20.4. The van der Waals surface area contributed by atoms with Gasteiger partial charge < -0.3 is 0 Å². The van der Waals surface area contributed by atoms with Crippen molar-refractivity contribution in [3.63, 3.8) is 0 Å². The van der Waals surface area contributed by atoms with E-state index in [2.05, 4.69) is 0 Å². The average Bonchev–Trinajstić information content (AvgIpc) is 1.88. The van der Waals surface area contributed by atoms with Crippen molar-refractivity contribution in [2.45, 2.75) is 6.42 Å². The first kappa shape index (κ1) is 5.95. The predicted molar refractivity (Wildman–Crippen MR) is 32.5 cm³/mol. The molecule has 0 heterocycles. The minimum absolute atomic E-state index is 0.0316. The third-order valence-electron chi connectivity index (χ3n) is 1.05. The Morgan fingerprint density at radius 1 is 1.56 bits per heavy atom. The zero-order valence-corrected chi connectivity index (χ0v) is 4.76. The molecule has 0 aromatic heterocycles. The van der Waals surface area contributed by atoms with Gasteiger partial charge in [0.25, 0.3) is 0 Å². The molecule has 1 radical (unpaired) electrons. The first-order valence-electron chi connectivity index (χ1n) is 2.62. The van der Waals surface area contributed by atoms with E-state index in [1.54, 1.807) is 18.4 Å². The summed E-state index contributed by atoms with van der Waals surface area (Å²) < 4.78 is 0. The fourth-order valence-electron chi connectivity index (χ4n) is 0.646. The molecule has 0 amide bonds. The van der Waals surface area contributed by atoms with E-state index in [-0.39, 0.29) is 5.78 Å². The molecule has 0 bridgehead atoms. The van der Waals surface area contributed by atoms with Gasteiger partial charge in [-0.05, 0) is 6.08 Å². The SMILES string of the molecule is O=[C]C1=CC(=O)CC=C1. The number of carbonyl (C=O) groups is 1. The van der Waals surface area contributed by atoms with E-state index in [4.69, 9.17) is 0 Å². The largest absolute Gasteiger partial charge is 0.294 e. The molecule has 0 saturated heterocycles. The summed E-state index contributed by atoms with van der Waals surface area (Å²) in [6.45, 7) is 0. The number of allylic oxidation sites excluding steroid dienone is 4. The van der Waals surface area contributed by atoms with Crippen LogP contribution in [0.4, 0.5) is 0 Å². The van der Waals surface area contributed by atoms with Gasteiger partial charge in [-0.3, -0.25) is 9.59 Å². The van der Waals surface area contributed by atoms with Crippen molar-refractivity contribution in [1.82, 2.24) is 0 Å². The minimum Gasteiger partial charge on any atom is -0.294 e. The summed E-state index contributed by atoms with van der Waals surface area (Å²) in [5.41, 5.74) is 0.339. The number of carbonyl (C=O) groups excluding carboxylic acids is 2. The number of hydrogen-bond acceptors (Lipinski definition) is 2. The Morgan fingerprint density at radius 3 is 2.78 bits per heavy atom. The molecule has 2 heteroatoms. The number of hydrogen-bond donors (Lipinski definition) is 0. The predicted octanol–water partition coefficient (Wildman–Crippen LogP) is 0.551. The molecule has 0 unspecified atom stereocenters. The van der Waals surface area contributed by atoms with E-state index in [1.807, 2.05) is 0 Å². The van der Waals surface area contributed by atoms with Gasteiger partial charge in [-0.15, -0.1) is 0 Å². The molecule has 2 nitrogen and oxygen atoms in total. The first-order chi connectivity index (χ1) is 4.33. The summed E-state index contributed by atoms with van der Waals surface area (Å²) in [5.74, 6) is -0.0316. The van der Waals surface area contributed by atoms with Crippen LogP contribution in [-0.2, 0) is 9.59 Å². The minimum atomic E-state index is -0.0316. The quantitative estimate of drug-likeness (QED) is 0.507. The topological polar surface area (TPSA) is 34.1 Å². The molecular weight excluding hydrogens is 116 g/mol. The first-order valence-corrected chi connectivity index (χ1v) is 2.62. The second-order valence-electron chi connectivity index (χ2n) is 1.77. The molecule has 0 saturated carbocycles. The molecule has 9 heavy (non-hydrogen) atoms. The van der Waals surface area contributed by atoms with Gasteiger partial charge in [0.05, 0.1) is 0 Å². The fraction of sp³-hybridized carbons (Fsp3) is 0.143. The highest BCUT2D eigenvalue weighted by atomic mass is 16.1. The molecule has 0 aromatic carbocycles. The van der Waals surface area contributed by atoms with Gasteiger partial charge in [0, 0.05) is 12.0 Å². The van der Waals surface area contributed by atoms with Gasteiger partial charge in [0.1, 0.15) is 0 Å². The summed E-state index contributed by atoms with van der Waals surface area (Å²) in [6.07, 6.45) is 6.59. The molecule has 0 aliphatic heterocycles. The number of ketones is 1. The molecule has 0 atom stereocenters. The summed E-state index contributed by atoms with van der Waals surface area (Å²) in [7, 11) is 0. The van der Waals surface area contributed by atoms with Gasteiger partial charge in [0.2, 0.25) is 6.29 Å². The lowest BCUT2D eigenvalue weighted by atomic mass is 10.1. The third-order valence-corrected chi connectivity index (χ3v) is 1.05. The van der Waals surface area contributed by atoms with Crippen LogP contribution >= 0.6 is 0 Å². The smallest absolute Gasteiger partial charge is 0.233 e. The molecule has 0 aromatic rings. The molecule has 1 aliphatic rings. The average molecular weight is 121 g/mol. The van der Waals surface area contributed by atoms with E-state index in [1.165, 1.54) is 6.08 Å². The summed E-state index contributed by atoms with van der Waals surface area (Å²) in [6, 6.07) is 0. The zero-order chi connectivity index (χ0) is 6.69. The van der Waals surface area contributed by atoms with Crippen LogP contribution in [0.1, 0.15) is 6.42 Å². The molecular formula is C7H5O2. The molecule has 45 valence electrons. The van der Waals surface area contributed by atoms with Gasteiger partial charge in [-0.25, -0.2) is 0 Å². The highest BCUT2D eigenvalue weighted by molar-refractivity contribution is 5.99. The monoisotopic (exact) mass is 121 g/mol. The maximum Gasteiger partial charge on any atom is 0.233 e. The lowest BCUT2D eigenvalue weighted by Gasteiger charge is -1.94. The van der Waals surface area contributed by atoms with Crippen LogP contribution in [0.25, 0.3) is 0 Å². The van der Waals surface area contributed by atoms with Crippen LogP contribution in [0.2, 0.25) is 0 Å². The Kier molecular flexibility index (Phi) is 1.58. The van der Waals surface area contributed by atoms with Crippen molar-refractivity contribution in [3.8, 4) is 0 Å². The van der Waals surface area contributed by atoms with Crippen molar-refractivity contribution >= 4 is 12.1 Å². The fourth-order valence-corrected chi connectivity index (χ4v) is 0.646. The van der Waals surface area contributed by atoms with Crippen molar-refractivity contribution in [3.05, 3.63) is 23.8 Å². The van der Waals surface area contributed by atoms with Crippen molar-refractivity contribution in [1.29, 1.82) is 0 Å². The van der Waals surface area contributed by atoms with Crippen LogP contribution in [0.5, 0.6) is 0 Å². The second-order valence-corrected chi connectivity index (χ2v) is 1.77. The van der Waals surface area contributed by atoms with E-state index >= 15 is 0 Å². The Hall–Kier alpha value is -1.18. The van der Waals surface area contributed by atoms with Gasteiger partial charge >= 0.3 is 0 Å². The van der Waals surface area contributed by atoms with Crippen LogP contribution in [-0.4, -0.2) is 12.1 Å². The van der Waals surface area contributed by atoms with Crippen molar-refractivity contribution in [2.24, 2.45) is 0 Å². The highest BCUT2D eigenvalue weighted by Crippen LogP contribution is 2.02. The lowest BCUT2D eigenvalue weighted by molar-refractivity contribution is -0.113. The van der Waals surface area contributed by atoms with Crippen LogP contribution in [0, 0.1) is 0 Å². The van der Waals surface area contributed by atoms with Gasteiger partial charge in [0.15, 0.2) is 5.78 Å². The maximum atomic E-state index is 10.5.